The molecule has 24 heavy (non-hydrogen) atoms. The number of fused-ring (bicyclic) bond motifs is 5. The highest BCUT2D eigenvalue weighted by Gasteiger charge is 2.57. The summed E-state index contributed by atoms with van der Waals surface area (Å²) in [5.74, 6) is 1.77. The maximum atomic E-state index is 15.2. The third-order valence-electron chi connectivity index (χ3n) is 8.22. The summed E-state index contributed by atoms with van der Waals surface area (Å²) in [5, 5.41) is 0. The molecule has 0 heterocycles. The molecule has 2 nitrogen and oxygen atoms in total. The first-order valence-corrected chi connectivity index (χ1v) is 9.89. The van der Waals surface area contributed by atoms with Crippen molar-refractivity contribution in [1.82, 2.24) is 0 Å². The first kappa shape index (κ1) is 16.6. The highest BCUT2D eigenvalue weighted by Crippen LogP contribution is 2.66. The quantitative estimate of drug-likeness (QED) is 0.586. The minimum Gasteiger partial charge on any atom is -0.462 e. The normalized spacial score (nSPS) is 47.7. The second-order valence-corrected chi connectivity index (χ2v) is 9.44. The van der Waals surface area contributed by atoms with E-state index in [1.807, 2.05) is 0 Å². The second-order valence-electron chi connectivity index (χ2n) is 9.44. The van der Waals surface area contributed by atoms with Crippen LogP contribution in [0.4, 0.5) is 4.39 Å². The van der Waals surface area contributed by atoms with Crippen LogP contribution >= 0.6 is 0 Å². The Balaban J connectivity index is 1.64. The van der Waals surface area contributed by atoms with Gasteiger partial charge >= 0.3 is 5.97 Å². The highest BCUT2D eigenvalue weighted by molar-refractivity contribution is 5.66. The van der Waals surface area contributed by atoms with Crippen molar-refractivity contribution in [2.75, 3.05) is 0 Å². The maximum Gasteiger partial charge on any atom is 0.302 e. The van der Waals surface area contributed by atoms with Crippen LogP contribution in [0.3, 0.4) is 0 Å². The third-order valence-corrected chi connectivity index (χ3v) is 8.22. The van der Waals surface area contributed by atoms with E-state index in [9.17, 15) is 4.79 Å². The SMILES string of the molecule is CC(=O)O[C@H]1CC[C@@]2(C)C(=C(F)C[C@@H]3[C@H]4CCC[C@]4(C)CC[C@H]32)C1. The van der Waals surface area contributed by atoms with Gasteiger partial charge in [-0.2, -0.15) is 0 Å². The molecule has 6 atom stereocenters. The van der Waals surface area contributed by atoms with Gasteiger partial charge in [-0.3, -0.25) is 4.79 Å². The van der Waals surface area contributed by atoms with Crippen molar-refractivity contribution in [2.24, 2.45) is 28.6 Å². The average molecular weight is 334 g/mol. The fourth-order valence-electron chi connectivity index (χ4n) is 7.03. The van der Waals surface area contributed by atoms with E-state index in [1.54, 1.807) is 0 Å². The largest absolute Gasteiger partial charge is 0.462 e. The van der Waals surface area contributed by atoms with E-state index in [0.717, 1.165) is 18.4 Å². The lowest BCUT2D eigenvalue weighted by Gasteiger charge is -2.57. The Morgan fingerprint density at radius 3 is 2.62 bits per heavy atom. The average Bonchev–Trinajstić information content (AvgIpc) is 2.90. The summed E-state index contributed by atoms with van der Waals surface area (Å²) >= 11 is 0. The molecule has 4 aliphatic rings. The van der Waals surface area contributed by atoms with Crippen molar-refractivity contribution < 1.29 is 13.9 Å². The fraction of sp³-hybridized carbons (Fsp3) is 0.857. The molecule has 0 spiro atoms. The lowest BCUT2D eigenvalue weighted by molar-refractivity contribution is -0.148. The van der Waals surface area contributed by atoms with Gasteiger partial charge in [0.15, 0.2) is 0 Å². The standard InChI is InChI=1S/C21H31FO2/c1-13(23)24-14-6-10-21(3)17-7-9-20(2)8-4-5-16(20)15(17)12-19(22)18(21)11-14/h14-17H,4-12H2,1-3H3/t14-,15+,16+,17+,20+,21+/m0/s1. The van der Waals surface area contributed by atoms with Crippen LogP contribution in [0.25, 0.3) is 0 Å². The minimum absolute atomic E-state index is 0.00638. The number of hydrogen-bond donors (Lipinski definition) is 0. The van der Waals surface area contributed by atoms with E-state index in [4.69, 9.17) is 4.74 Å². The van der Waals surface area contributed by atoms with Gasteiger partial charge in [-0.1, -0.05) is 20.3 Å². The van der Waals surface area contributed by atoms with Crippen LogP contribution in [-0.4, -0.2) is 12.1 Å². The molecule has 4 aliphatic carbocycles. The number of carbonyl (C=O) groups excluding carboxylic acids is 1. The van der Waals surface area contributed by atoms with Crippen molar-refractivity contribution in [1.29, 1.82) is 0 Å². The number of hydrogen-bond acceptors (Lipinski definition) is 2. The molecule has 0 unspecified atom stereocenters. The number of rotatable bonds is 1. The number of ether oxygens (including phenoxy) is 1. The Bertz CT molecular complexity index is 582. The topological polar surface area (TPSA) is 26.3 Å². The van der Waals surface area contributed by atoms with Crippen molar-refractivity contribution in [3.63, 3.8) is 0 Å². The van der Waals surface area contributed by atoms with Gasteiger partial charge in [0.2, 0.25) is 0 Å². The predicted molar refractivity (Wildman–Crippen MR) is 91.9 cm³/mol. The summed E-state index contributed by atoms with van der Waals surface area (Å²) in [6, 6.07) is 0. The molecule has 0 aliphatic heterocycles. The molecule has 3 saturated carbocycles. The van der Waals surface area contributed by atoms with Crippen LogP contribution in [0.2, 0.25) is 0 Å². The van der Waals surface area contributed by atoms with E-state index in [1.165, 1.54) is 39.0 Å². The van der Waals surface area contributed by atoms with Crippen LogP contribution in [0.1, 0.15) is 78.6 Å². The molecule has 3 heteroatoms. The molecule has 4 rings (SSSR count). The Labute approximate surface area is 145 Å². The van der Waals surface area contributed by atoms with E-state index in [-0.39, 0.29) is 23.3 Å². The molecule has 0 aromatic carbocycles. The van der Waals surface area contributed by atoms with Crippen molar-refractivity contribution in [2.45, 2.75) is 84.7 Å². The van der Waals surface area contributed by atoms with Gasteiger partial charge in [0.25, 0.3) is 0 Å². The molecule has 0 amide bonds. The van der Waals surface area contributed by atoms with Crippen LogP contribution in [-0.2, 0) is 9.53 Å². The Morgan fingerprint density at radius 2 is 1.88 bits per heavy atom. The fourth-order valence-corrected chi connectivity index (χ4v) is 7.03. The number of allylic oxidation sites excluding steroid dienone is 1. The molecule has 0 bridgehead atoms. The van der Waals surface area contributed by atoms with Gasteiger partial charge in [-0.25, -0.2) is 4.39 Å². The first-order valence-electron chi connectivity index (χ1n) is 9.89. The van der Waals surface area contributed by atoms with Crippen LogP contribution < -0.4 is 0 Å². The lowest BCUT2D eigenvalue weighted by Crippen LogP contribution is -2.50. The third kappa shape index (κ3) is 2.37. The zero-order valence-electron chi connectivity index (χ0n) is 15.4. The van der Waals surface area contributed by atoms with E-state index < -0.39 is 0 Å². The molecular weight excluding hydrogens is 303 g/mol. The minimum atomic E-state index is -0.238. The van der Waals surface area contributed by atoms with Crippen molar-refractivity contribution in [3.8, 4) is 0 Å². The summed E-state index contributed by atoms with van der Waals surface area (Å²) in [6.45, 7) is 6.22. The summed E-state index contributed by atoms with van der Waals surface area (Å²) in [7, 11) is 0. The van der Waals surface area contributed by atoms with Gasteiger partial charge < -0.3 is 4.74 Å². The van der Waals surface area contributed by atoms with Crippen molar-refractivity contribution >= 4 is 5.97 Å². The van der Waals surface area contributed by atoms with Crippen LogP contribution in [0, 0.1) is 28.6 Å². The Kier molecular flexibility index (Phi) is 3.85. The van der Waals surface area contributed by atoms with Gasteiger partial charge in [0.05, 0.1) is 0 Å². The summed E-state index contributed by atoms with van der Waals surface area (Å²) < 4.78 is 20.6. The summed E-state index contributed by atoms with van der Waals surface area (Å²) in [4.78, 5) is 11.3. The molecule has 0 N–H and O–H groups in total. The van der Waals surface area contributed by atoms with Crippen molar-refractivity contribution in [3.05, 3.63) is 11.4 Å². The molecule has 0 radical (unpaired) electrons. The highest BCUT2D eigenvalue weighted by atomic mass is 19.1. The maximum absolute atomic E-state index is 15.2. The summed E-state index contributed by atoms with van der Waals surface area (Å²) in [5.41, 5.74) is 1.44. The number of halogens is 1. The van der Waals surface area contributed by atoms with Gasteiger partial charge in [-0.05, 0) is 72.7 Å². The zero-order chi connectivity index (χ0) is 17.1. The Morgan fingerprint density at radius 1 is 1.08 bits per heavy atom. The monoisotopic (exact) mass is 334 g/mol. The smallest absolute Gasteiger partial charge is 0.302 e. The van der Waals surface area contributed by atoms with E-state index in [0.29, 0.717) is 36.0 Å². The van der Waals surface area contributed by atoms with Gasteiger partial charge in [0, 0.05) is 19.8 Å². The first-order chi connectivity index (χ1) is 11.3. The van der Waals surface area contributed by atoms with Crippen LogP contribution in [0.5, 0.6) is 0 Å². The van der Waals surface area contributed by atoms with E-state index >= 15 is 4.39 Å². The molecular formula is C21H31FO2. The molecule has 134 valence electrons. The predicted octanol–water partition coefficient (Wildman–Crippen LogP) is 5.57. The molecule has 0 saturated heterocycles. The molecule has 0 aromatic rings. The number of carbonyl (C=O) groups is 1. The Hall–Kier alpha value is -0.860. The molecule has 3 fully saturated rings. The van der Waals surface area contributed by atoms with Crippen LogP contribution in [0.15, 0.2) is 11.4 Å². The summed E-state index contributed by atoms with van der Waals surface area (Å²) in [6.07, 6.45) is 9.53. The van der Waals surface area contributed by atoms with Gasteiger partial charge in [-0.15, -0.1) is 0 Å². The lowest BCUT2D eigenvalue weighted by atomic mass is 9.48. The second kappa shape index (κ2) is 5.57. The van der Waals surface area contributed by atoms with Gasteiger partial charge in [0.1, 0.15) is 11.9 Å². The zero-order valence-corrected chi connectivity index (χ0v) is 15.4. The molecule has 0 aromatic heterocycles. The number of esters is 1. The van der Waals surface area contributed by atoms with E-state index in [2.05, 4.69) is 13.8 Å².